The number of carbonyl (C=O) groups excluding carboxylic acids is 1. The second-order valence-electron chi connectivity index (χ2n) is 9.95. The second-order valence-corrected chi connectivity index (χ2v) is 11.2. The number of halogens is 3. The van der Waals surface area contributed by atoms with Gasteiger partial charge in [0.05, 0.1) is 12.7 Å². The van der Waals surface area contributed by atoms with E-state index in [4.69, 9.17) is 10.5 Å². The Hall–Kier alpha value is -2.76. The molecule has 0 heterocycles. The number of rotatable bonds is 15. The molecule has 0 bridgehead atoms. The summed E-state index contributed by atoms with van der Waals surface area (Å²) < 4.78 is 34.8. The first kappa shape index (κ1) is 31.8. The van der Waals surface area contributed by atoms with Crippen molar-refractivity contribution < 1.29 is 23.4 Å². The van der Waals surface area contributed by atoms with Crippen LogP contribution in [0.3, 0.4) is 0 Å². The average Bonchev–Trinajstić information content (AvgIpc) is 2.88. The third kappa shape index (κ3) is 8.87. The topological polar surface area (TPSA) is 87.8 Å². The highest BCUT2D eigenvalue weighted by atomic mass is 127. The standard InChI is InChI=1S/C31H38F2IN3O3/c1-4-9-37(10-5-2)28-12-20(3)11-26(31(35)39)30(28)27(19-40-25-15-22(32)14-23(33)16-25)29(38)18-36-17-21-7-6-8-24(34)13-21/h6-8,11-16,27,29,36,38H,4-5,9-10,17-19H2,1-3H3,(H2,35,39). The monoisotopic (exact) mass is 665 g/mol. The van der Waals surface area contributed by atoms with Gasteiger partial charge in [-0.3, -0.25) is 4.79 Å². The molecule has 3 aromatic rings. The zero-order chi connectivity index (χ0) is 29.2. The van der Waals surface area contributed by atoms with E-state index in [0.29, 0.717) is 17.7 Å². The van der Waals surface area contributed by atoms with E-state index in [1.807, 2.05) is 31.2 Å². The fraction of sp³-hybridized carbons (Fsp3) is 0.387. The molecule has 0 saturated carbocycles. The number of primary amides is 1. The summed E-state index contributed by atoms with van der Waals surface area (Å²) in [7, 11) is 0. The molecule has 2 atom stereocenters. The van der Waals surface area contributed by atoms with Crippen LogP contribution in [-0.2, 0) is 6.54 Å². The Kier molecular flexibility index (Phi) is 12.1. The smallest absolute Gasteiger partial charge is 0.249 e. The molecule has 1 amide bonds. The van der Waals surface area contributed by atoms with Gasteiger partial charge in [-0.1, -0.05) is 26.0 Å². The molecule has 0 radical (unpaired) electrons. The van der Waals surface area contributed by atoms with E-state index in [2.05, 4.69) is 52.7 Å². The molecule has 9 heteroatoms. The van der Waals surface area contributed by atoms with Gasteiger partial charge in [-0.05, 0) is 83.3 Å². The fourth-order valence-electron chi connectivity index (χ4n) is 4.86. The number of nitrogens with zero attached hydrogens (tertiary/aromatic N) is 1. The third-order valence-corrected chi connectivity index (χ3v) is 7.24. The summed E-state index contributed by atoms with van der Waals surface area (Å²) in [5.74, 6) is -2.89. The average molecular weight is 666 g/mol. The molecule has 216 valence electrons. The second kappa shape index (κ2) is 15.3. The van der Waals surface area contributed by atoms with E-state index in [1.165, 1.54) is 0 Å². The van der Waals surface area contributed by atoms with Gasteiger partial charge in [0.25, 0.3) is 0 Å². The summed E-state index contributed by atoms with van der Waals surface area (Å²) in [6.07, 6.45) is 0.747. The highest BCUT2D eigenvalue weighted by Crippen LogP contribution is 2.36. The maximum absolute atomic E-state index is 13.9. The minimum atomic E-state index is -1.01. The Balaban J connectivity index is 2.03. The van der Waals surface area contributed by atoms with Gasteiger partial charge in [0.15, 0.2) is 0 Å². The van der Waals surface area contributed by atoms with E-state index < -0.39 is 29.6 Å². The van der Waals surface area contributed by atoms with Crippen LogP contribution in [0.4, 0.5) is 14.5 Å². The maximum Gasteiger partial charge on any atom is 0.249 e. The summed E-state index contributed by atoms with van der Waals surface area (Å²) in [6.45, 7) is 8.12. The van der Waals surface area contributed by atoms with E-state index in [-0.39, 0.29) is 18.9 Å². The minimum absolute atomic E-state index is 0.00483. The molecule has 0 saturated heterocycles. The predicted octanol–water partition coefficient (Wildman–Crippen LogP) is 5.92. The van der Waals surface area contributed by atoms with Crippen LogP contribution >= 0.6 is 22.6 Å². The highest BCUT2D eigenvalue weighted by Gasteiger charge is 2.31. The van der Waals surface area contributed by atoms with Crippen molar-refractivity contribution in [2.45, 2.75) is 52.2 Å². The molecular formula is C31H38F2IN3O3. The molecule has 0 aliphatic rings. The number of anilines is 1. The van der Waals surface area contributed by atoms with Gasteiger partial charge in [-0.25, -0.2) is 8.78 Å². The van der Waals surface area contributed by atoms with E-state index >= 15 is 0 Å². The molecule has 3 aromatic carbocycles. The molecule has 4 N–H and O–H groups in total. The van der Waals surface area contributed by atoms with Gasteiger partial charge in [0.1, 0.15) is 17.4 Å². The third-order valence-electron chi connectivity index (χ3n) is 6.57. The van der Waals surface area contributed by atoms with Gasteiger partial charge in [-0.2, -0.15) is 0 Å². The Bertz CT molecular complexity index is 1260. The minimum Gasteiger partial charge on any atom is -0.493 e. The van der Waals surface area contributed by atoms with Crippen molar-refractivity contribution in [2.75, 3.05) is 31.1 Å². The summed E-state index contributed by atoms with van der Waals surface area (Å²) >= 11 is 2.25. The van der Waals surface area contributed by atoms with Crippen LogP contribution in [-0.4, -0.2) is 43.4 Å². The van der Waals surface area contributed by atoms with Gasteiger partial charge in [0.2, 0.25) is 5.91 Å². The van der Waals surface area contributed by atoms with Crippen molar-refractivity contribution in [1.29, 1.82) is 0 Å². The zero-order valence-corrected chi connectivity index (χ0v) is 25.4. The van der Waals surface area contributed by atoms with Crippen LogP contribution in [0.25, 0.3) is 0 Å². The number of nitrogens with two attached hydrogens (primary N) is 1. The number of nitrogens with one attached hydrogen (secondary N) is 1. The quantitative estimate of drug-likeness (QED) is 0.176. The summed E-state index contributed by atoms with van der Waals surface area (Å²) in [5.41, 5.74) is 9.47. The lowest BCUT2D eigenvalue weighted by molar-refractivity contribution is 0.0985. The number of hydrogen-bond acceptors (Lipinski definition) is 5. The maximum atomic E-state index is 13.9. The zero-order valence-electron chi connectivity index (χ0n) is 23.2. The first-order valence-electron chi connectivity index (χ1n) is 13.5. The van der Waals surface area contributed by atoms with Gasteiger partial charge in [-0.15, -0.1) is 0 Å². The Morgan fingerprint density at radius 3 is 2.35 bits per heavy atom. The first-order chi connectivity index (χ1) is 19.1. The van der Waals surface area contributed by atoms with Crippen LogP contribution in [0.2, 0.25) is 0 Å². The molecule has 2 unspecified atom stereocenters. The number of benzene rings is 3. The van der Waals surface area contributed by atoms with Crippen molar-refractivity contribution >= 4 is 34.2 Å². The molecule has 6 nitrogen and oxygen atoms in total. The lowest BCUT2D eigenvalue weighted by atomic mass is 9.86. The van der Waals surface area contributed by atoms with Crippen LogP contribution in [0, 0.1) is 22.1 Å². The van der Waals surface area contributed by atoms with Crippen molar-refractivity contribution in [1.82, 2.24) is 5.32 Å². The van der Waals surface area contributed by atoms with Crippen LogP contribution < -0.4 is 20.7 Å². The van der Waals surface area contributed by atoms with E-state index in [9.17, 15) is 18.7 Å². The van der Waals surface area contributed by atoms with Crippen molar-refractivity contribution in [3.8, 4) is 5.75 Å². The number of aryl methyl sites for hydroxylation is 1. The lowest BCUT2D eigenvalue weighted by Crippen LogP contribution is -2.37. The number of carbonyl (C=O) groups is 1. The first-order valence-corrected chi connectivity index (χ1v) is 14.6. The van der Waals surface area contributed by atoms with Crippen molar-refractivity contribution in [3.05, 3.63) is 92.1 Å². The number of aliphatic hydroxyl groups is 1. The molecule has 40 heavy (non-hydrogen) atoms. The number of amides is 1. The fourth-order valence-corrected chi connectivity index (χ4v) is 5.47. The van der Waals surface area contributed by atoms with E-state index in [0.717, 1.165) is 64.5 Å². The van der Waals surface area contributed by atoms with Crippen LogP contribution in [0.1, 0.15) is 59.7 Å². The van der Waals surface area contributed by atoms with E-state index in [1.54, 1.807) is 6.07 Å². The number of hydrogen-bond donors (Lipinski definition) is 3. The Morgan fingerprint density at radius 2 is 1.75 bits per heavy atom. The number of ether oxygens (including phenoxy) is 1. The number of aliphatic hydroxyl groups excluding tert-OH is 1. The van der Waals surface area contributed by atoms with Crippen molar-refractivity contribution in [2.24, 2.45) is 5.73 Å². The molecule has 0 aromatic heterocycles. The Labute approximate surface area is 249 Å². The molecule has 0 fully saturated rings. The molecule has 0 aliphatic carbocycles. The van der Waals surface area contributed by atoms with Crippen LogP contribution in [0.5, 0.6) is 5.75 Å². The summed E-state index contributed by atoms with van der Waals surface area (Å²) in [4.78, 5) is 14.9. The normalized spacial score (nSPS) is 12.7. The van der Waals surface area contributed by atoms with Crippen molar-refractivity contribution in [3.63, 3.8) is 0 Å². The molecule has 0 aliphatic heterocycles. The molecule has 3 rings (SSSR count). The Morgan fingerprint density at radius 1 is 1.07 bits per heavy atom. The predicted molar refractivity (Wildman–Crippen MR) is 164 cm³/mol. The van der Waals surface area contributed by atoms with Gasteiger partial charge < -0.3 is 25.8 Å². The summed E-state index contributed by atoms with van der Waals surface area (Å²) in [5, 5.41) is 14.9. The summed E-state index contributed by atoms with van der Waals surface area (Å²) in [6, 6.07) is 14.7. The molecular weight excluding hydrogens is 627 g/mol. The highest BCUT2D eigenvalue weighted by molar-refractivity contribution is 14.1. The van der Waals surface area contributed by atoms with Crippen LogP contribution in [0.15, 0.2) is 54.6 Å². The SMILES string of the molecule is CCCN(CCC)c1cc(C)cc(C(N)=O)c1C(COc1cc(F)cc(F)c1)C(O)CNCc1cccc(I)c1. The van der Waals surface area contributed by atoms with Gasteiger partial charge in [0, 0.05) is 65.1 Å². The largest absolute Gasteiger partial charge is 0.493 e. The molecule has 0 spiro atoms. The van der Waals surface area contributed by atoms with Gasteiger partial charge >= 0.3 is 0 Å². The lowest BCUT2D eigenvalue weighted by Gasteiger charge is -2.33.